The number of nitrogen functional groups attached to an aromatic ring is 1. The Morgan fingerprint density at radius 3 is 2.79 bits per heavy atom. The molecule has 1 aromatic rings. The first kappa shape index (κ1) is 13.6. The molecule has 0 heterocycles. The van der Waals surface area contributed by atoms with Crippen LogP contribution in [0.2, 0.25) is 0 Å². The van der Waals surface area contributed by atoms with E-state index in [-0.39, 0.29) is 5.69 Å². The van der Waals surface area contributed by atoms with Crippen LogP contribution < -0.4 is 11.1 Å². The molecular weight excluding hydrogens is 246 g/mol. The molecule has 0 radical (unpaired) electrons. The minimum atomic E-state index is -0.443. The van der Waals surface area contributed by atoms with Gasteiger partial charge in [-0.2, -0.15) is 0 Å². The number of anilines is 2. The predicted octanol–water partition coefficient (Wildman–Crippen LogP) is 2.41. The van der Waals surface area contributed by atoms with Crippen molar-refractivity contribution in [3.63, 3.8) is 0 Å². The third kappa shape index (κ3) is 3.35. The van der Waals surface area contributed by atoms with Crippen LogP contribution in [0.4, 0.5) is 17.1 Å². The van der Waals surface area contributed by atoms with Crippen molar-refractivity contribution in [2.75, 3.05) is 31.3 Å². The molecule has 0 bridgehead atoms. The van der Waals surface area contributed by atoms with Crippen LogP contribution in [0.3, 0.4) is 0 Å². The molecule has 0 aliphatic heterocycles. The summed E-state index contributed by atoms with van der Waals surface area (Å²) in [5.74, 6) is 0. The van der Waals surface area contributed by atoms with Gasteiger partial charge in [-0.15, -0.1) is 0 Å². The number of hydrogen-bond donors (Lipinski definition) is 2. The third-order valence-corrected chi connectivity index (χ3v) is 3.69. The van der Waals surface area contributed by atoms with E-state index in [0.717, 1.165) is 25.3 Å². The lowest BCUT2D eigenvalue weighted by Crippen LogP contribution is -2.17. The molecule has 0 atom stereocenters. The van der Waals surface area contributed by atoms with Crippen LogP contribution >= 0.6 is 0 Å². The van der Waals surface area contributed by atoms with Crippen LogP contribution in [0.25, 0.3) is 0 Å². The van der Waals surface area contributed by atoms with Gasteiger partial charge in [0.2, 0.25) is 0 Å². The zero-order chi connectivity index (χ0) is 13.9. The molecular formula is C13H19N3O3. The van der Waals surface area contributed by atoms with Gasteiger partial charge >= 0.3 is 0 Å². The van der Waals surface area contributed by atoms with E-state index < -0.39 is 4.92 Å². The second kappa shape index (κ2) is 5.44. The number of nitrogens with two attached hydrogens (primary N) is 1. The van der Waals surface area contributed by atoms with Crippen LogP contribution in [-0.4, -0.2) is 25.2 Å². The SMILES string of the molecule is COCCC1(CNc2ccc([N+](=O)[O-])cc2N)CC1. The molecule has 104 valence electrons. The molecule has 2 rings (SSSR count). The van der Waals surface area contributed by atoms with Crippen LogP contribution in [-0.2, 0) is 4.74 Å². The van der Waals surface area contributed by atoms with E-state index in [1.165, 1.54) is 25.0 Å². The minimum absolute atomic E-state index is 0.0172. The van der Waals surface area contributed by atoms with Gasteiger partial charge in [0.25, 0.3) is 5.69 Å². The molecule has 1 aromatic carbocycles. The molecule has 0 spiro atoms. The predicted molar refractivity (Wildman–Crippen MR) is 74.2 cm³/mol. The first-order valence-corrected chi connectivity index (χ1v) is 6.33. The van der Waals surface area contributed by atoms with Gasteiger partial charge in [-0.25, -0.2) is 0 Å². The van der Waals surface area contributed by atoms with E-state index in [2.05, 4.69) is 5.32 Å². The molecule has 1 fully saturated rings. The lowest BCUT2D eigenvalue weighted by molar-refractivity contribution is -0.384. The van der Waals surface area contributed by atoms with Crippen LogP contribution in [0.15, 0.2) is 18.2 Å². The highest BCUT2D eigenvalue weighted by atomic mass is 16.6. The summed E-state index contributed by atoms with van der Waals surface area (Å²) in [6.07, 6.45) is 3.41. The number of nitrogens with one attached hydrogen (secondary N) is 1. The number of non-ortho nitro benzene ring substituents is 1. The van der Waals surface area contributed by atoms with E-state index in [4.69, 9.17) is 10.5 Å². The molecule has 3 N–H and O–H groups in total. The Morgan fingerprint density at radius 2 is 2.26 bits per heavy atom. The van der Waals surface area contributed by atoms with E-state index in [0.29, 0.717) is 11.1 Å². The van der Waals surface area contributed by atoms with Crippen molar-refractivity contribution in [1.29, 1.82) is 0 Å². The lowest BCUT2D eigenvalue weighted by Gasteiger charge is -2.17. The van der Waals surface area contributed by atoms with E-state index in [1.54, 1.807) is 13.2 Å². The Bertz CT molecular complexity index is 472. The van der Waals surface area contributed by atoms with Gasteiger partial charge in [-0.05, 0) is 30.7 Å². The van der Waals surface area contributed by atoms with Gasteiger partial charge in [0.05, 0.1) is 16.3 Å². The molecule has 1 saturated carbocycles. The summed E-state index contributed by atoms with van der Waals surface area (Å²) < 4.78 is 5.11. The molecule has 1 aliphatic carbocycles. The van der Waals surface area contributed by atoms with Crippen LogP contribution in [0.5, 0.6) is 0 Å². The second-order valence-corrected chi connectivity index (χ2v) is 5.13. The monoisotopic (exact) mass is 265 g/mol. The molecule has 6 heteroatoms. The number of nitro benzene ring substituents is 1. The average Bonchev–Trinajstić information content (AvgIpc) is 3.15. The van der Waals surface area contributed by atoms with Gasteiger partial charge in [-0.1, -0.05) is 0 Å². The molecule has 6 nitrogen and oxygen atoms in total. The highest BCUT2D eigenvalue weighted by Crippen LogP contribution is 2.48. The average molecular weight is 265 g/mol. The number of hydrogen-bond acceptors (Lipinski definition) is 5. The summed E-state index contributed by atoms with van der Waals surface area (Å²) in [6.45, 7) is 1.59. The molecule has 0 unspecified atom stereocenters. The van der Waals surface area contributed by atoms with E-state index >= 15 is 0 Å². The van der Waals surface area contributed by atoms with Crippen molar-refractivity contribution in [1.82, 2.24) is 0 Å². The molecule has 19 heavy (non-hydrogen) atoms. The van der Waals surface area contributed by atoms with Gasteiger partial charge < -0.3 is 15.8 Å². The van der Waals surface area contributed by atoms with Gasteiger partial charge in [0.1, 0.15) is 0 Å². The van der Waals surface area contributed by atoms with Gasteiger partial charge in [0, 0.05) is 32.4 Å². The topological polar surface area (TPSA) is 90.4 Å². The Labute approximate surface area is 112 Å². The fourth-order valence-corrected chi connectivity index (χ4v) is 2.12. The zero-order valence-electron chi connectivity index (χ0n) is 11.0. The van der Waals surface area contributed by atoms with Crippen molar-refractivity contribution < 1.29 is 9.66 Å². The number of nitrogens with zero attached hydrogens (tertiary/aromatic N) is 1. The Balaban J connectivity index is 1.95. The number of benzene rings is 1. The largest absolute Gasteiger partial charge is 0.397 e. The smallest absolute Gasteiger partial charge is 0.271 e. The summed E-state index contributed by atoms with van der Waals surface area (Å²) in [6, 6.07) is 4.52. The molecule has 0 aromatic heterocycles. The maximum absolute atomic E-state index is 10.6. The number of nitro groups is 1. The maximum Gasteiger partial charge on any atom is 0.271 e. The van der Waals surface area contributed by atoms with Crippen molar-refractivity contribution in [2.45, 2.75) is 19.3 Å². The van der Waals surface area contributed by atoms with Gasteiger partial charge in [-0.3, -0.25) is 10.1 Å². The minimum Gasteiger partial charge on any atom is -0.397 e. The summed E-state index contributed by atoms with van der Waals surface area (Å²) >= 11 is 0. The Hall–Kier alpha value is -1.82. The normalized spacial score (nSPS) is 16.1. The summed E-state index contributed by atoms with van der Waals surface area (Å²) in [4.78, 5) is 10.2. The summed E-state index contributed by atoms with van der Waals surface area (Å²) in [5, 5.41) is 13.9. The van der Waals surface area contributed by atoms with Crippen molar-refractivity contribution >= 4 is 17.1 Å². The lowest BCUT2D eigenvalue weighted by atomic mass is 10.0. The van der Waals surface area contributed by atoms with Crippen molar-refractivity contribution in [2.24, 2.45) is 5.41 Å². The quantitative estimate of drug-likeness (QED) is 0.449. The number of rotatable bonds is 7. The highest BCUT2D eigenvalue weighted by Gasteiger charge is 2.41. The van der Waals surface area contributed by atoms with Crippen LogP contribution in [0, 0.1) is 15.5 Å². The maximum atomic E-state index is 10.6. The Morgan fingerprint density at radius 1 is 1.53 bits per heavy atom. The highest BCUT2D eigenvalue weighted by molar-refractivity contribution is 5.69. The number of methoxy groups -OCH3 is 1. The zero-order valence-corrected chi connectivity index (χ0v) is 11.0. The van der Waals surface area contributed by atoms with E-state index in [9.17, 15) is 10.1 Å². The first-order valence-electron chi connectivity index (χ1n) is 6.33. The fraction of sp³-hybridized carbons (Fsp3) is 0.538. The first-order chi connectivity index (χ1) is 9.06. The van der Waals surface area contributed by atoms with Crippen LogP contribution in [0.1, 0.15) is 19.3 Å². The van der Waals surface area contributed by atoms with Gasteiger partial charge in [0.15, 0.2) is 0 Å². The summed E-state index contributed by atoms with van der Waals surface area (Å²) in [5.41, 5.74) is 7.32. The fourth-order valence-electron chi connectivity index (χ4n) is 2.12. The third-order valence-electron chi connectivity index (χ3n) is 3.69. The standard InChI is InChI=1S/C13H19N3O3/c1-19-7-6-13(4-5-13)9-15-12-3-2-10(16(17)18)8-11(12)14/h2-3,8,15H,4-7,9,14H2,1H3. The van der Waals surface area contributed by atoms with E-state index in [1.807, 2.05) is 0 Å². The second-order valence-electron chi connectivity index (χ2n) is 5.13. The molecule has 0 amide bonds. The Kier molecular flexibility index (Phi) is 3.90. The van der Waals surface area contributed by atoms with Crippen molar-refractivity contribution in [3.8, 4) is 0 Å². The molecule has 1 aliphatic rings. The molecule has 0 saturated heterocycles. The summed E-state index contributed by atoms with van der Waals surface area (Å²) in [7, 11) is 1.71. The number of ether oxygens (including phenoxy) is 1. The van der Waals surface area contributed by atoms with Crippen molar-refractivity contribution in [3.05, 3.63) is 28.3 Å².